The molecule has 102 valence electrons. The van der Waals surface area contributed by atoms with E-state index in [4.69, 9.17) is 0 Å². The summed E-state index contributed by atoms with van der Waals surface area (Å²) in [6, 6.07) is 9.73. The lowest BCUT2D eigenvalue weighted by Gasteiger charge is -2.29. The summed E-state index contributed by atoms with van der Waals surface area (Å²) in [4.78, 5) is 0. The monoisotopic (exact) mass is 255 g/mol. The number of benzene rings is 1. The maximum absolute atomic E-state index is 3.89. The third-order valence-corrected chi connectivity index (χ3v) is 5.90. The van der Waals surface area contributed by atoms with E-state index < -0.39 is 0 Å². The molecule has 0 saturated heterocycles. The Labute approximate surface area is 116 Å². The number of hydrogen-bond donors (Lipinski definition) is 1. The second-order valence-corrected chi connectivity index (χ2v) is 7.05. The molecule has 0 amide bonds. The van der Waals surface area contributed by atoms with Gasteiger partial charge in [0.05, 0.1) is 0 Å². The molecule has 0 spiro atoms. The third-order valence-electron chi connectivity index (χ3n) is 5.90. The van der Waals surface area contributed by atoms with Crippen molar-refractivity contribution in [3.8, 4) is 0 Å². The summed E-state index contributed by atoms with van der Waals surface area (Å²) >= 11 is 0. The van der Waals surface area contributed by atoms with E-state index in [9.17, 15) is 0 Å². The zero-order chi connectivity index (χ0) is 12.7. The van der Waals surface area contributed by atoms with Crippen LogP contribution in [0.1, 0.15) is 43.2 Å². The van der Waals surface area contributed by atoms with Gasteiger partial charge < -0.3 is 5.32 Å². The lowest BCUT2D eigenvalue weighted by atomic mass is 9.86. The van der Waals surface area contributed by atoms with Gasteiger partial charge in [0.15, 0.2) is 0 Å². The first-order chi connectivity index (χ1) is 9.38. The van der Waals surface area contributed by atoms with Gasteiger partial charge in [-0.1, -0.05) is 30.7 Å². The van der Waals surface area contributed by atoms with Crippen molar-refractivity contribution in [2.75, 3.05) is 6.54 Å². The van der Waals surface area contributed by atoms with E-state index in [1.165, 1.54) is 45.1 Å². The number of rotatable bonds is 3. The van der Waals surface area contributed by atoms with Gasteiger partial charge in [0.25, 0.3) is 0 Å². The van der Waals surface area contributed by atoms with Crippen LogP contribution in [0.25, 0.3) is 0 Å². The molecule has 2 saturated carbocycles. The molecule has 0 radical (unpaired) electrons. The Hall–Kier alpha value is -0.820. The molecular weight excluding hydrogens is 230 g/mol. The van der Waals surface area contributed by atoms with E-state index in [-0.39, 0.29) is 0 Å². The summed E-state index contributed by atoms with van der Waals surface area (Å²) < 4.78 is 0. The first kappa shape index (κ1) is 12.0. The Morgan fingerprint density at radius 1 is 1.00 bits per heavy atom. The molecule has 3 aliphatic carbocycles. The van der Waals surface area contributed by atoms with Gasteiger partial charge in [-0.15, -0.1) is 0 Å². The van der Waals surface area contributed by atoms with Crippen molar-refractivity contribution < 1.29 is 0 Å². The van der Waals surface area contributed by atoms with Gasteiger partial charge in [0.2, 0.25) is 0 Å². The third kappa shape index (κ3) is 2.33. The minimum atomic E-state index is 0.731. The summed E-state index contributed by atoms with van der Waals surface area (Å²) in [7, 11) is 0. The molecular formula is C18H25N. The molecule has 4 atom stereocenters. The molecule has 4 unspecified atom stereocenters. The van der Waals surface area contributed by atoms with E-state index in [1.807, 2.05) is 0 Å². The molecule has 2 fully saturated rings. The topological polar surface area (TPSA) is 12.0 Å². The van der Waals surface area contributed by atoms with Crippen molar-refractivity contribution in [1.82, 2.24) is 5.32 Å². The number of nitrogens with one attached hydrogen (secondary N) is 1. The van der Waals surface area contributed by atoms with Crippen molar-refractivity contribution in [1.29, 1.82) is 0 Å². The Morgan fingerprint density at radius 3 is 2.68 bits per heavy atom. The number of hydrogen-bond acceptors (Lipinski definition) is 1. The van der Waals surface area contributed by atoms with Crippen LogP contribution in [-0.2, 0) is 12.8 Å². The van der Waals surface area contributed by atoms with Crippen molar-refractivity contribution in [2.45, 2.75) is 51.0 Å². The molecule has 1 aromatic rings. The lowest BCUT2D eigenvalue weighted by Crippen LogP contribution is -2.38. The molecule has 2 bridgehead atoms. The smallest absolute Gasteiger partial charge is 0.0111 e. The summed E-state index contributed by atoms with van der Waals surface area (Å²) in [6.45, 7) is 1.29. The second-order valence-electron chi connectivity index (χ2n) is 7.05. The Bertz CT molecular complexity index is 453. The Morgan fingerprint density at radius 2 is 1.89 bits per heavy atom. The molecule has 3 aliphatic rings. The van der Waals surface area contributed by atoms with Crippen molar-refractivity contribution in [2.24, 2.45) is 17.8 Å². The predicted octanol–water partition coefficient (Wildman–Crippen LogP) is 3.57. The van der Waals surface area contributed by atoms with Crippen molar-refractivity contribution >= 4 is 0 Å². The largest absolute Gasteiger partial charge is 0.313 e. The number of aryl methyl sites for hydroxylation is 1. The molecule has 1 aromatic carbocycles. The molecule has 0 aliphatic heterocycles. The molecule has 1 nitrogen and oxygen atoms in total. The first-order valence-electron chi connectivity index (χ1n) is 8.18. The standard InChI is InChI=1S/C18H25N/c1-2-4-15-11-18(8-7-14(15)3-1)19-12-17-10-13-5-6-16(17)9-13/h1-4,13,16-19H,5-12H2. The maximum atomic E-state index is 3.89. The Balaban J connectivity index is 1.33. The summed E-state index contributed by atoms with van der Waals surface area (Å²) in [5.74, 6) is 3.15. The van der Waals surface area contributed by atoms with Gasteiger partial charge in [-0.25, -0.2) is 0 Å². The van der Waals surface area contributed by atoms with Gasteiger partial charge in [-0.3, -0.25) is 0 Å². The first-order valence-corrected chi connectivity index (χ1v) is 8.18. The zero-order valence-corrected chi connectivity index (χ0v) is 11.8. The van der Waals surface area contributed by atoms with E-state index in [2.05, 4.69) is 29.6 Å². The molecule has 1 heteroatoms. The average molecular weight is 255 g/mol. The minimum absolute atomic E-state index is 0.731. The molecule has 4 rings (SSSR count). The SMILES string of the molecule is c1ccc2c(c1)CCC(NCC1CC3CCC1C3)C2. The van der Waals surface area contributed by atoms with E-state index >= 15 is 0 Å². The highest BCUT2D eigenvalue weighted by molar-refractivity contribution is 5.30. The molecule has 1 N–H and O–H groups in total. The molecule has 19 heavy (non-hydrogen) atoms. The van der Waals surface area contributed by atoms with Crippen molar-refractivity contribution in [3.63, 3.8) is 0 Å². The summed E-state index contributed by atoms with van der Waals surface area (Å²) in [6.07, 6.45) is 9.95. The highest BCUT2D eigenvalue weighted by Gasteiger charge is 2.39. The maximum Gasteiger partial charge on any atom is 0.0111 e. The summed E-state index contributed by atoms with van der Waals surface area (Å²) in [5.41, 5.74) is 3.17. The van der Waals surface area contributed by atoms with Gasteiger partial charge in [0.1, 0.15) is 0 Å². The molecule has 0 heterocycles. The van der Waals surface area contributed by atoms with Gasteiger partial charge in [-0.2, -0.15) is 0 Å². The van der Waals surface area contributed by atoms with Gasteiger partial charge in [-0.05, 0) is 74.0 Å². The van der Waals surface area contributed by atoms with Crippen LogP contribution in [0.3, 0.4) is 0 Å². The van der Waals surface area contributed by atoms with Crippen LogP contribution in [0, 0.1) is 17.8 Å². The van der Waals surface area contributed by atoms with E-state index in [0.717, 1.165) is 23.8 Å². The van der Waals surface area contributed by atoms with Gasteiger partial charge >= 0.3 is 0 Å². The Kier molecular flexibility index (Phi) is 3.11. The van der Waals surface area contributed by atoms with Crippen LogP contribution in [0.5, 0.6) is 0 Å². The van der Waals surface area contributed by atoms with Crippen molar-refractivity contribution in [3.05, 3.63) is 35.4 Å². The fraction of sp³-hybridized carbons (Fsp3) is 0.667. The van der Waals surface area contributed by atoms with E-state index in [1.54, 1.807) is 17.5 Å². The fourth-order valence-corrected chi connectivity index (χ4v) is 4.82. The lowest BCUT2D eigenvalue weighted by molar-refractivity contribution is 0.299. The van der Waals surface area contributed by atoms with Crippen LogP contribution in [-0.4, -0.2) is 12.6 Å². The summed E-state index contributed by atoms with van der Waals surface area (Å²) in [5, 5.41) is 3.89. The average Bonchev–Trinajstić information content (AvgIpc) is 3.07. The van der Waals surface area contributed by atoms with Crippen LogP contribution in [0.4, 0.5) is 0 Å². The van der Waals surface area contributed by atoms with Crippen LogP contribution in [0.2, 0.25) is 0 Å². The quantitative estimate of drug-likeness (QED) is 0.870. The van der Waals surface area contributed by atoms with E-state index in [0.29, 0.717) is 0 Å². The second kappa shape index (κ2) is 4.94. The minimum Gasteiger partial charge on any atom is -0.313 e. The predicted molar refractivity (Wildman–Crippen MR) is 79.2 cm³/mol. The molecule has 0 aromatic heterocycles. The van der Waals surface area contributed by atoms with Gasteiger partial charge in [0, 0.05) is 6.04 Å². The van der Waals surface area contributed by atoms with Crippen LogP contribution >= 0.6 is 0 Å². The fourth-order valence-electron chi connectivity index (χ4n) is 4.82. The normalized spacial score (nSPS) is 36.4. The van der Waals surface area contributed by atoms with Crippen LogP contribution < -0.4 is 5.32 Å². The van der Waals surface area contributed by atoms with Crippen LogP contribution in [0.15, 0.2) is 24.3 Å². The zero-order valence-electron chi connectivity index (χ0n) is 11.8. The highest BCUT2D eigenvalue weighted by atomic mass is 14.9. The number of fused-ring (bicyclic) bond motifs is 3. The highest BCUT2D eigenvalue weighted by Crippen LogP contribution is 2.48.